The maximum atomic E-state index is 12.2. The van der Waals surface area contributed by atoms with Gasteiger partial charge >= 0.3 is 0 Å². The number of amides is 1. The van der Waals surface area contributed by atoms with Gasteiger partial charge in [-0.25, -0.2) is 12.7 Å². The molecule has 0 radical (unpaired) electrons. The van der Waals surface area contributed by atoms with E-state index in [0.717, 1.165) is 9.20 Å². The molecule has 0 saturated carbocycles. The van der Waals surface area contributed by atoms with Crippen molar-refractivity contribution in [2.45, 2.75) is 9.79 Å². The average Bonchev–Trinajstić information content (AvgIpc) is 2.55. The Balaban J connectivity index is 2.12. The van der Waals surface area contributed by atoms with Crippen molar-refractivity contribution < 1.29 is 13.2 Å². The molecule has 9 heteroatoms. The minimum absolute atomic E-state index is 0.0518. The summed E-state index contributed by atoms with van der Waals surface area (Å²) in [5.41, 5.74) is 0.245. The quantitative estimate of drug-likeness (QED) is 0.720. The maximum absolute atomic E-state index is 12.2. The summed E-state index contributed by atoms with van der Waals surface area (Å²) in [5, 5.41) is 3.46. The van der Waals surface area contributed by atoms with E-state index in [2.05, 4.69) is 5.32 Å². The van der Waals surface area contributed by atoms with Crippen molar-refractivity contribution in [2.24, 2.45) is 0 Å². The Morgan fingerprint density at radius 1 is 1.12 bits per heavy atom. The van der Waals surface area contributed by atoms with Gasteiger partial charge in [-0.1, -0.05) is 35.3 Å². The Kier molecular flexibility index (Phi) is 6.76. The second-order valence-corrected chi connectivity index (χ2v) is 9.18. The summed E-state index contributed by atoms with van der Waals surface area (Å²) in [6.07, 6.45) is 0. The molecule has 0 aliphatic carbocycles. The summed E-state index contributed by atoms with van der Waals surface area (Å²) in [4.78, 5) is 13.0. The van der Waals surface area contributed by atoms with Crippen LogP contribution in [0.1, 0.15) is 0 Å². The van der Waals surface area contributed by atoms with E-state index < -0.39 is 10.0 Å². The van der Waals surface area contributed by atoms with E-state index in [0.29, 0.717) is 5.02 Å². The zero-order valence-electron chi connectivity index (χ0n) is 13.5. The number of nitrogens with one attached hydrogen (secondary N) is 1. The number of benzene rings is 2. The molecule has 2 rings (SSSR count). The lowest BCUT2D eigenvalue weighted by Gasteiger charge is -2.14. The van der Waals surface area contributed by atoms with Gasteiger partial charge in [0.1, 0.15) is 0 Å². The second kappa shape index (κ2) is 8.42. The van der Waals surface area contributed by atoms with Gasteiger partial charge < -0.3 is 5.32 Å². The molecule has 0 aromatic heterocycles. The minimum atomic E-state index is -3.61. The molecule has 2 aromatic rings. The number of nitrogens with zero attached hydrogens (tertiary/aromatic N) is 1. The minimum Gasteiger partial charge on any atom is -0.324 e. The number of sulfonamides is 1. The van der Waals surface area contributed by atoms with Crippen LogP contribution in [-0.2, 0) is 14.8 Å². The lowest BCUT2D eigenvalue weighted by Crippen LogP contribution is -2.22. The predicted molar refractivity (Wildman–Crippen MR) is 103 cm³/mol. The second-order valence-electron chi connectivity index (χ2n) is 5.20. The maximum Gasteiger partial charge on any atom is 0.242 e. The van der Waals surface area contributed by atoms with Crippen LogP contribution < -0.4 is 5.32 Å². The average molecular weight is 419 g/mol. The third-order valence-corrected chi connectivity index (χ3v) is 6.84. The van der Waals surface area contributed by atoms with Crippen molar-refractivity contribution >= 4 is 56.6 Å². The molecule has 0 saturated heterocycles. The molecule has 0 spiro atoms. The molecular weight excluding hydrogens is 403 g/mol. The SMILES string of the molecule is CN(C)S(=O)(=O)c1ccc(Cl)c(NC(=O)CSc2ccccc2Cl)c1. The van der Waals surface area contributed by atoms with Crippen LogP contribution in [0, 0.1) is 0 Å². The summed E-state index contributed by atoms with van der Waals surface area (Å²) in [6.45, 7) is 0. The van der Waals surface area contributed by atoms with E-state index in [1.165, 1.54) is 44.1 Å². The molecule has 134 valence electrons. The molecule has 1 N–H and O–H groups in total. The Morgan fingerprint density at radius 3 is 2.44 bits per heavy atom. The van der Waals surface area contributed by atoms with Crippen LogP contribution in [0.4, 0.5) is 5.69 Å². The molecule has 1 amide bonds. The van der Waals surface area contributed by atoms with Crippen molar-refractivity contribution in [3.05, 3.63) is 52.5 Å². The largest absolute Gasteiger partial charge is 0.324 e. The van der Waals surface area contributed by atoms with Gasteiger partial charge in [0.2, 0.25) is 15.9 Å². The standard InChI is InChI=1S/C16H16Cl2N2O3S2/c1-20(2)25(22,23)11-7-8-12(17)14(9-11)19-16(21)10-24-15-6-4-3-5-13(15)18/h3-9H,10H2,1-2H3,(H,19,21). The molecule has 2 aromatic carbocycles. The highest BCUT2D eigenvalue weighted by Gasteiger charge is 2.19. The van der Waals surface area contributed by atoms with Gasteiger partial charge in [-0.3, -0.25) is 4.79 Å². The van der Waals surface area contributed by atoms with E-state index in [9.17, 15) is 13.2 Å². The van der Waals surface area contributed by atoms with Crippen LogP contribution in [0.15, 0.2) is 52.3 Å². The van der Waals surface area contributed by atoms with E-state index in [-0.39, 0.29) is 27.3 Å². The Morgan fingerprint density at radius 2 is 1.80 bits per heavy atom. The molecular formula is C16H16Cl2N2O3S2. The highest BCUT2D eigenvalue weighted by Crippen LogP contribution is 2.28. The van der Waals surface area contributed by atoms with Crippen LogP contribution in [0.5, 0.6) is 0 Å². The first kappa shape index (κ1) is 20.1. The van der Waals surface area contributed by atoms with Gasteiger partial charge in [-0.2, -0.15) is 0 Å². The van der Waals surface area contributed by atoms with Gasteiger partial charge in [0.05, 0.1) is 26.4 Å². The third kappa shape index (κ3) is 5.12. The number of carbonyl (C=O) groups excluding carboxylic acids is 1. The zero-order chi connectivity index (χ0) is 18.6. The first-order valence-electron chi connectivity index (χ1n) is 7.11. The molecule has 0 atom stereocenters. The Bertz CT molecular complexity index is 887. The summed E-state index contributed by atoms with van der Waals surface area (Å²) >= 11 is 13.4. The zero-order valence-corrected chi connectivity index (χ0v) is 16.6. The Labute approximate surface area is 161 Å². The first-order chi connectivity index (χ1) is 11.7. The number of carbonyl (C=O) groups is 1. The number of thioether (sulfide) groups is 1. The molecule has 0 unspecified atom stereocenters. The number of rotatable bonds is 6. The highest BCUT2D eigenvalue weighted by atomic mass is 35.5. The van der Waals surface area contributed by atoms with Crippen molar-refractivity contribution in [2.75, 3.05) is 25.2 Å². The molecule has 5 nitrogen and oxygen atoms in total. The fourth-order valence-corrected chi connectivity index (χ4v) is 3.99. The number of anilines is 1. The third-order valence-electron chi connectivity index (χ3n) is 3.19. The molecule has 0 fully saturated rings. The summed E-state index contributed by atoms with van der Waals surface area (Å²) in [6, 6.07) is 11.4. The van der Waals surface area contributed by atoms with Crippen LogP contribution >= 0.6 is 35.0 Å². The fraction of sp³-hybridized carbons (Fsp3) is 0.188. The summed E-state index contributed by atoms with van der Waals surface area (Å²) < 4.78 is 25.5. The van der Waals surface area contributed by atoms with Gasteiger partial charge in [0.25, 0.3) is 0 Å². The normalized spacial score (nSPS) is 11.6. The fourth-order valence-electron chi connectivity index (χ4n) is 1.86. The number of hydrogen-bond donors (Lipinski definition) is 1. The summed E-state index contributed by atoms with van der Waals surface area (Å²) in [7, 11) is -0.746. The van der Waals surface area contributed by atoms with Gasteiger partial charge in [0, 0.05) is 19.0 Å². The van der Waals surface area contributed by atoms with E-state index >= 15 is 0 Å². The van der Waals surface area contributed by atoms with Crippen molar-refractivity contribution in [1.29, 1.82) is 0 Å². The van der Waals surface area contributed by atoms with Crippen molar-refractivity contribution in [1.82, 2.24) is 4.31 Å². The number of halogens is 2. The Hall–Kier alpha value is -1.25. The van der Waals surface area contributed by atoms with Gasteiger partial charge in [0.15, 0.2) is 0 Å². The smallest absolute Gasteiger partial charge is 0.242 e. The van der Waals surface area contributed by atoms with E-state index in [1.807, 2.05) is 18.2 Å². The van der Waals surface area contributed by atoms with Crippen LogP contribution in [0.2, 0.25) is 10.0 Å². The van der Waals surface area contributed by atoms with Gasteiger partial charge in [-0.05, 0) is 30.3 Å². The van der Waals surface area contributed by atoms with Crippen LogP contribution in [0.3, 0.4) is 0 Å². The molecule has 0 aliphatic heterocycles. The first-order valence-corrected chi connectivity index (χ1v) is 10.3. The van der Waals surface area contributed by atoms with Crippen LogP contribution in [-0.4, -0.2) is 38.5 Å². The number of hydrogen-bond acceptors (Lipinski definition) is 4. The molecule has 25 heavy (non-hydrogen) atoms. The molecule has 0 aliphatic rings. The topological polar surface area (TPSA) is 66.5 Å². The lowest BCUT2D eigenvalue weighted by molar-refractivity contribution is -0.113. The van der Waals surface area contributed by atoms with Crippen LogP contribution in [0.25, 0.3) is 0 Å². The van der Waals surface area contributed by atoms with Gasteiger partial charge in [-0.15, -0.1) is 11.8 Å². The molecule has 0 heterocycles. The molecule has 0 bridgehead atoms. The summed E-state index contributed by atoms with van der Waals surface area (Å²) in [5.74, 6) is -0.198. The van der Waals surface area contributed by atoms with E-state index in [4.69, 9.17) is 23.2 Å². The lowest BCUT2D eigenvalue weighted by atomic mass is 10.3. The van der Waals surface area contributed by atoms with Crippen molar-refractivity contribution in [3.8, 4) is 0 Å². The highest BCUT2D eigenvalue weighted by molar-refractivity contribution is 8.00. The van der Waals surface area contributed by atoms with Crippen molar-refractivity contribution in [3.63, 3.8) is 0 Å². The van der Waals surface area contributed by atoms with E-state index in [1.54, 1.807) is 6.07 Å². The monoisotopic (exact) mass is 418 g/mol. The predicted octanol–water partition coefficient (Wildman–Crippen LogP) is 3.97.